The van der Waals surface area contributed by atoms with Crippen LogP contribution in [0.4, 0.5) is 0 Å². The number of hydrogen-bond acceptors (Lipinski definition) is 3. The van der Waals surface area contributed by atoms with Crippen molar-refractivity contribution in [1.29, 1.82) is 0 Å². The van der Waals surface area contributed by atoms with Crippen molar-refractivity contribution in [1.82, 2.24) is 15.1 Å². The minimum absolute atomic E-state index is 0.437. The first-order valence-electron chi connectivity index (χ1n) is 7.06. The SMILES string of the molecule is CCC1OCCC1CNCc1cnn(C(C)C)c1. The molecule has 0 aliphatic carbocycles. The van der Waals surface area contributed by atoms with E-state index in [2.05, 4.69) is 37.4 Å². The highest BCUT2D eigenvalue weighted by Crippen LogP contribution is 2.22. The van der Waals surface area contributed by atoms with E-state index in [-0.39, 0.29) is 0 Å². The lowest BCUT2D eigenvalue weighted by Crippen LogP contribution is -2.27. The van der Waals surface area contributed by atoms with Crippen LogP contribution in [0.15, 0.2) is 12.4 Å². The van der Waals surface area contributed by atoms with Gasteiger partial charge < -0.3 is 10.1 Å². The summed E-state index contributed by atoms with van der Waals surface area (Å²) >= 11 is 0. The van der Waals surface area contributed by atoms with Crippen LogP contribution in [0.5, 0.6) is 0 Å². The van der Waals surface area contributed by atoms with Crippen LogP contribution in [0.1, 0.15) is 45.2 Å². The Bertz CT molecular complexity index is 362. The van der Waals surface area contributed by atoms with Crippen molar-refractivity contribution in [2.75, 3.05) is 13.2 Å². The largest absolute Gasteiger partial charge is 0.378 e. The zero-order valence-corrected chi connectivity index (χ0v) is 11.7. The predicted octanol–water partition coefficient (Wildman–Crippen LogP) is 2.37. The third kappa shape index (κ3) is 3.33. The van der Waals surface area contributed by atoms with Crippen molar-refractivity contribution in [3.8, 4) is 0 Å². The van der Waals surface area contributed by atoms with Crippen LogP contribution < -0.4 is 5.32 Å². The standard InChI is InChI=1S/C14H25N3O/c1-4-14-13(5-6-18-14)9-15-7-12-8-16-17(10-12)11(2)3/h8,10-11,13-15H,4-7,9H2,1-3H3. The number of ether oxygens (including phenoxy) is 1. The molecule has 1 aliphatic heterocycles. The molecule has 0 saturated carbocycles. The fraction of sp³-hybridized carbons (Fsp3) is 0.786. The van der Waals surface area contributed by atoms with Gasteiger partial charge in [-0.25, -0.2) is 0 Å². The molecule has 2 heterocycles. The highest BCUT2D eigenvalue weighted by Gasteiger charge is 2.25. The Morgan fingerprint density at radius 3 is 3.06 bits per heavy atom. The summed E-state index contributed by atoms with van der Waals surface area (Å²) in [4.78, 5) is 0. The number of rotatable bonds is 6. The van der Waals surface area contributed by atoms with Crippen molar-refractivity contribution in [3.05, 3.63) is 18.0 Å². The van der Waals surface area contributed by atoms with Crippen LogP contribution in [-0.2, 0) is 11.3 Å². The molecule has 1 aromatic rings. The molecule has 0 radical (unpaired) electrons. The molecule has 2 unspecified atom stereocenters. The zero-order chi connectivity index (χ0) is 13.0. The molecule has 1 aromatic heterocycles. The van der Waals surface area contributed by atoms with Gasteiger partial charge in [0.15, 0.2) is 0 Å². The van der Waals surface area contributed by atoms with E-state index in [0.29, 0.717) is 18.1 Å². The maximum Gasteiger partial charge on any atom is 0.0613 e. The van der Waals surface area contributed by atoms with Crippen molar-refractivity contribution < 1.29 is 4.74 Å². The summed E-state index contributed by atoms with van der Waals surface area (Å²) in [5.74, 6) is 0.676. The van der Waals surface area contributed by atoms with Crippen LogP contribution in [0.25, 0.3) is 0 Å². The van der Waals surface area contributed by atoms with E-state index in [1.807, 2.05) is 10.9 Å². The zero-order valence-electron chi connectivity index (χ0n) is 11.7. The van der Waals surface area contributed by atoms with E-state index >= 15 is 0 Å². The van der Waals surface area contributed by atoms with Gasteiger partial charge in [-0.2, -0.15) is 5.10 Å². The fourth-order valence-electron chi connectivity index (χ4n) is 2.53. The summed E-state index contributed by atoms with van der Waals surface area (Å²) in [6.45, 7) is 9.37. The normalized spacial score (nSPS) is 24.0. The smallest absolute Gasteiger partial charge is 0.0613 e. The van der Waals surface area contributed by atoms with Crippen molar-refractivity contribution in [3.63, 3.8) is 0 Å². The quantitative estimate of drug-likeness (QED) is 0.843. The summed E-state index contributed by atoms with van der Waals surface area (Å²) in [6, 6.07) is 0.437. The third-order valence-electron chi connectivity index (χ3n) is 3.67. The maximum absolute atomic E-state index is 5.70. The van der Waals surface area contributed by atoms with Gasteiger partial charge in [-0.3, -0.25) is 4.68 Å². The van der Waals surface area contributed by atoms with Gasteiger partial charge in [0.2, 0.25) is 0 Å². The summed E-state index contributed by atoms with van der Waals surface area (Å²) in [5.41, 5.74) is 1.26. The second-order valence-electron chi connectivity index (χ2n) is 5.42. The Labute approximate surface area is 110 Å². The lowest BCUT2D eigenvalue weighted by atomic mass is 10.00. The van der Waals surface area contributed by atoms with Gasteiger partial charge in [0.1, 0.15) is 0 Å². The van der Waals surface area contributed by atoms with E-state index < -0.39 is 0 Å². The molecule has 4 heteroatoms. The third-order valence-corrected chi connectivity index (χ3v) is 3.67. The molecule has 18 heavy (non-hydrogen) atoms. The van der Waals surface area contributed by atoms with Gasteiger partial charge in [-0.1, -0.05) is 6.92 Å². The van der Waals surface area contributed by atoms with Gasteiger partial charge >= 0.3 is 0 Å². The molecule has 0 bridgehead atoms. The molecule has 1 fully saturated rings. The minimum Gasteiger partial charge on any atom is -0.378 e. The van der Waals surface area contributed by atoms with Crippen LogP contribution in [0.3, 0.4) is 0 Å². The van der Waals surface area contributed by atoms with Crippen LogP contribution in [0, 0.1) is 5.92 Å². The Kier molecular flexibility index (Phi) is 4.78. The van der Waals surface area contributed by atoms with E-state index in [9.17, 15) is 0 Å². The van der Waals surface area contributed by atoms with Crippen LogP contribution in [-0.4, -0.2) is 29.0 Å². The average Bonchev–Trinajstić information content (AvgIpc) is 2.97. The highest BCUT2D eigenvalue weighted by atomic mass is 16.5. The van der Waals surface area contributed by atoms with E-state index in [1.54, 1.807) is 0 Å². The highest BCUT2D eigenvalue weighted by molar-refractivity contribution is 5.03. The van der Waals surface area contributed by atoms with Crippen LogP contribution >= 0.6 is 0 Å². The monoisotopic (exact) mass is 251 g/mol. The Hall–Kier alpha value is -0.870. The second-order valence-corrected chi connectivity index (χ2v) is 5.42. The molecule has 0 amide bonds. The lowest BCUT2D eigenvalue weighted by Gasteiger charge is -2.16. The second kappa shape index (κ2) is 6.34. The van der Waals surface area contributed by atoms with Gasteiger partial charge in [0.05, 0.1) is 12.3 Å². The van der Waals surface area contributed by atoms with Gasteiger partial charge in [0, 0.05) is 37.5 Å². The molecule has 0 spiro atoms. The first kappa shape index (κ1) is 13.6. The average molecular weight is 251 g/mol. The Morgan fingerprint density at radius 2 is 2.39 bits per heavy atom. The molecule has 2 atom stereocenters. The van der Waals surface area contributed by atoms with Crippen LogP contribution in [0.2, 0.25) is 0 Å². The molecule has 102 valence electrons. The number of nitrogens with one attached hydrogen (secondary N) is 1. The first-order chi connectivity index (χ1) is 8.70. The fourth-order valence-corrected chi connectivity index (χ4v) is 2.53. The summed E-state index contributed by atoms with van der Waals surface area (Å²) in [7, 11) is 0. The number of nitrogens with zero attached hydrogens (tertiary/aromatic N) is 2. The molecule has 2 rings (SSSR count). The summed E-state index contributed by atoms with van der Waals surface area (Å²) < 4.78 is 7.70. The van der Waals surface area contributed by atoms with Crippen molar-refractivity contribution in [2.24, 2.45) is 5.92 Å². The molecular weight excluding hydrogens is 226 g/mol. The summed E-state index contributed by atoms with van der Waals surface area (Å²) in [5, 5.41) is 7.88. The molecule has 1 saturated heterocycles. The first-order valence-corrected chi connectivity index (χ1v) is 7.06. The predicted molar refractivity (Wildman–Crippen MR) is 72.5 cm³/mol. The Balaban J connectivity index is 1.74. The summed E-state index contributed by atoms with van der Waals surface area (Å²) in [6.07, 6.45) is 6.85. The molecular formula is C14H25N3O. The molecule has 4 nitrogen and oxygen atoms in total. The number of aromatic nitrogens is 2. The number of hydrogen-bond donors (Lipinski definition) is 1. The molecule has 1 N–H and O–H groups in total. The lowest BCUT2D eigenvalue weighted by molar-refractivity contribution is 0.0872. The van der Waals surface area contributed by atoms with Crippen molar-refractivity contribution >= 4 is 0 Å². The van der Waals surface area contributed by atoms with E-state index in [0.717, 1.165) is 26.1 Å². The topological polar surface area (TPSA) is 39.1 Å². The van der Waals surface area contributed by atoms with E-state index in [1.165, 1.54) is 12.0 Å². The van der Waals surface area contributed by atoms with E-state index in [4.69, 9.17) is 4.74 Å². The Morgan fingerprint density at radius 1 is 1.56 bits per heavy atom. The van der Waals surface area contributed by atoms with Gasteiger partial charge in [-0.05, 0) is 32.6 Å². The minimum atomic E-state index is 0.437. The van der Waals surface area contributed by atoms with Crippen molar-refractivity contribution in [2.45, 2.75) is 52.3 Å². The molecule has 0 aromatic carbocycles. The van der Waals surface area contributed by atoms with Gasteiger partial charge in [-0.15, -0.1) is 0 Å². The molecule has 1 aliphatic rings. The maximum atomic E-state index is 5.70. The van der Waals surface area contributed by atoms with Gasteiger partial charge in [0.25, 0.3) is 0 Å².